The SMILES string of the molecule is CCC(O)COCCC[Si](C)(C)O[Si](C)(C)CCCOCC(O)C[N+](C)(C)CCCCCC[N+](C)(C)C. The number of rotatable bonds is 24. The molecule has 0 radical (unpaired) electrons. The van der Waals surface area contributed by atoms with Crippen LogP contribution in [-0.2, 0) is 13.6 Å². The van der Waals surface area contributed by atoms with Crippen LogP contribution in [0.25, 0.3) is 0 Å². The summed E-state index contributed by atoms with van der Waals surface area (Å²) in [5, 5.41) is 20.1. The maximum atomic E-state index is 10.5. The van der Waals surface area contributed by atoms with E-state index >= 15 is 0 Å². The minimum Gasteiger partial charge on any atom is -0.455 e. The molecule has 0 aliphatic carbocycles. The summed E-state index contributed by atoms with van der Waals surface area (Å²) in [6, 6.07) is 2.16. The van der Waals surface area contributed by atoms with Gasteiger partial charge in [-0.3, -0.25) is 0 Å². The smallest absolute Gasteiger partial charge is 0.173 e. The first-order valence-corrected chi connectivity index (χ1v) is 21.0. The number of unbranched alkanes of at least 4 members (excludes halogenated alkanes) is 3. The molecule has 7 nitrogen and oxygen atoms in total. The molecule has 0 bridgehead atoms. The summed E-state index contributed by atoms with van der Waals surface area (Å²) in [7, 11) is 7.72. The number of nitrogens with zero attached hydrogens (tertiary/aromatic N) is 2. The lowest BCUT2D eigenvalue weighted by atomic mass is 10.1. The lowest BCUT2D eigenvalue weighted by Gasteiger charge is -2.34. The van der Waals surface area contributed by atoms with Crippen LogP contribution < -0.4 is 0 Å². The Hall–Kier alpha value is 0.154. The van der Waals surface area contributed by atoms with Gasteiger partial charge < -0.3 is 32.8 Å². The van der Waals surface area contributed by atoms with Crippen molar-refractivity contribution in [3.8, 4) is 0 Å². The predicted octanol–water partition coefficient (Wildman–Crippen LogP) is 4.70. The fourth-order valence-electron chi connectivity index (χ4n) is 4.80. The number of hydrogen-bond acceptors (Lipinski definition) is 5. The molecule has 0 spiro atoms. The first kappa shape index (κ1) is 37.2. The molecule has 0 fully saturated rings. The highest BCUT2D eigenvalue weighted by atomic mass is 28.4. The van der Waals surface area contributed by atoms with E-state index in [-0.39, 0.29) is 6.10 Å². The zero-order valence-electron chi connectivity index (χ0n) is 26.5. The standard InChI is InChI=1S/C28H66N2O5Si2/c1-11-27(31)25-33-20-16-22-36(7,8)35-37(9,10)23-17-21-34-26-28(32)24-30(5,6)19-15-13-12-14-18-29(2,3)4/h27-28,31-32H,11-26H2,1-10H3/q+2. The van der Waals surface area contributed by atoms with Crippen molar-refractivity contribution >= 4 is 16.6 Å². The summed E-state index contributed by atoms with van der Waals surface area (Å²) in [6.07, 6.45) is 7.02. The molecular weight excluding hydrogens is 500 g/mol. The maximum Gasteiger partial charge on any atom is 0.173 e. The van der Waals surface area contributed by atoms with Gasteiger partial charge in [0.05, 0.1) is 67.6 Å². The fourth-order valence-corrected chi connectivity index (χ4v) is 13.6. The molecule has 2 unspecified atom stereocenters. The van der Waals surface area contributed by atoms with Crippen LogP contribution in [-0.4, -0.2) is 129 Å². The number of aliphatic hydroxyl groups excluding tert-OH is 2. The quantitative estimate of drug-likeness (QED) is 0.101. The summed E-state index contributed by atoms with van der Waals surface area (Å²) in [5.74, 6) is 0. The average Bonchev–Trinajstić information content (AvgIpc) is 2.73. The molecule has 0 saturated carbocycles. The highest BCUT2D eigenvalue weighted by Gasteiger charge is 2.32. The van der Waals surface area contributed by atoms with Crippen LogP contribution in [0.4, 0.5) is 0 Å². The third kappa shape index (κ3) is 23.7. The third-order valence-electron chi connectivity index (χ3n) is 6.83. The molecule has 0 saturated heterocycles. The fraction of sp³-hybridized carbons (Fsp3) is 1.00. The van der Waals surface area contributed by atoms with Gasteiger partial charge in [-0.25, -0.2) is 0 Å². The molecule has 2 atom stereocenters. The number of aliphatic hydroxyl groups is 2. The Morgan fingerprint density at radius 2 is 1.11 bits per heavy atom. The maximum absolute atomic E-state index is 10.5. The molecule has 0 aromatic carbocycles. The van der Waals surface area contributed by atoms with Crippen LogP contribution in [0.15, 0.2) is 0 Å². The summed E-state index contributed by atoms with van der Waals surface area (Å²) < 4.78 is 20.0. The molecule has 0 aliphatic rings. The van der Waals surface area contributed by atoms with Gasteiger partial charge in [-0.05, 0) is 83.2 Å². The van der Waals surface area contributed by atoms with Crippen molar-refractivity contribution in [2.24, 2.45) is 0 Å². The molecule has 9 heteroatoms. The van der Waals surface area contributed by atoms with Crippen LogP contribution in [0.2, 0.25) is 38.3 Å². The van der Waals surface area contributed by atoms with E-state index in [2.05, 4.69) is 61.4 Å². The highest BCUT2D eigenvalue weighted by molar-refractivity contribution is 6.84. The minimum absolute atomic E-state index is 0.348. The Kier molecular flexibility index (Phi) is 18.6. The van der Waals surface area contributed by atoms with Gasteiger partial charge in [-0.2, -0.15) is 0 Å². The normalized spacial score (nSPS) is 15.2. The van der Waals surface area contributed by atoms with E-state index in [9.17, 15) is 10.2 Å². The van der Waals surface area contributed by atoms with E-state index in [0.717, 1.165) is 53.4 Å². The lowest BCUT2D eigenvalue weighted by molar-refractivity contribution is -0.893. The zero-order chi connectivity index (χ0) is 28.6. The Bertz CT molecular complexity index is 571. The minimum atomic E-state index is -1.75. The van der Waals surface area contributed by atoms with E-state index < -0.39 is 22.7 Å². The van der Waals surface area contributed by atoms with Crippen molar-refractivity contribution in [2.75, 3.05) is 81.3 Å². The largest absolute Gasteiger partial charge is 0.455 e. The topological polar surface area (TPSA) is 68.2 Å². The van der Waals surface area contributed by atoms with Crippen molar-refractivity contribution in [1.82, 2.24) is 0 Å². The second-order valence-corrected chi connectivity index (χ2v) is 22.8. The van der Waals surface area contributed by atoms with Crippen molar-refractivity contribution in [2.45, 2.75) is 102 Å². The Morgan fingerprint density at radius 1 is 0.649 bits per heavy atom. The molecule has 0 rings (SSSR count). The van der Waals surface area contributed by atoms with Crippen molar-refractivity contribution in [3.63, 3.8) is 0 Å². The monoisotopic (exact) mass is 566 g/mol. The van der Waals surface area contributed by atoms with E-state index in [1.54, 1.807) is 0 Å². The second-order valence-electron chi connectivity index (χ2n) is 14.0. The average molecular weight is 567 g/mol. The number of hydrogen-bond donors (Lipinski definition) is 2. The van der Waals surface area contributed by atoms with Gasteiger partial charge in [-0.15, -0.1) is 0 Å². The van der Waals surface area contributed by atoms with E-state index in [4.69, 9.17) is 13.6 Å². The van der Waals surface area contributed by atoms with Crippen LogP contribution in [0.5, 0.6) is 0 Å². The lowest BCUT2D eigenvalue weighted by Crippen LogP contribution is -2.47. The first-order valence-electron chi connectivity index (χ1n) is 14.8. The van der Waals surface area contributed by atoms with Crippen molar-refractivity contribution in [3.05, 3.63) is 0 Å². The van der Waals surface area contributed by atoms with Gasteiger partial charge in [0.2, 0.25) is 0 Å². The van der Waals surface area contributed by atoms with Crippen LogP contribution in [0.3, 0.4) is 0 Å². The number of ether oxygens (including phenoxy) is 2. The summed E-state index contributed by atoms with van der Waals surface area (Å²) >= 11 is 0. The number of likely N-dealkylation sites (N-methyl/N-ethyl adjacent to an activating group) is 1. The Morgan fingerprint density at radius 3 is 1.57 bits per heavy atom. The van der Waals surface area contributed by atoms with Gasteiger partial charge in [0, 0.05) is 13.2 Å². The summed E-state index contributed by atoms with van der Waals surface area (Å²) in [5.41, 5.74) is 0. The second kappa shape index (κ2) is 18.5. The van der Waals surface area contributed by atoms with Gasteiger partial charge >= 0.3 is 0 Å². The highest BCUT2D eigenvalue weighted by Crippen LogP contribution is 2.24. The van der Waals surface area contributed by atoms with E-state index in [0.29, 0.717) is 26.4 Å². The van der Waals surface area contributed by atoms with Crippen LogP contribution in [0.1, 0.15) is 51.9 Å². The molecule has 0 aromatic heterocycles. The van der Waals surface area contributed by atoms with Crippen molar-refractivity contribution in [1.29, 1.82) is 0 Å². The Balaban J connectivity index is 4.01. The molecule has 0 amide bonds. The first-order chi connectivity index (χ1) is 17.0. The zero-order valence-corrected chi connectivity index (χ0v) is 28.5. The van der Waals surface area contributed by atoms with Crippen molar-refractivity contribution < 1.29 is 32.8 Å². The van der Waals surface area contributed by atoms with E-state index in [1.807, 2.05) is 6.92 Å². The number of quaternary nitrogens is 2. The van der Waals surface area contributed by atoms with Gasteiger partial charge in [0.15, 0.2) is 16.6 Å². The van der Waals surface area contributed by atoms with Gasteiger partial charge in [0.25, 0.3) is 0 Å². The molecule has 224 valence electrons. The van der Waals surface area contributed by atoms with Gasteiger partial charge in [0.1, 0.15) is 12.6 Å². The molecule has 0 aromatic rings. The summed E-state index contributed by atoms with van der Waals surface area (Å²) in [4.78, 5) is 0. The van der Waals surface area contributed by atoms with E-state index in [1.165, 1.54) is 32.2 Å². The molecule has 0 heterocycles. The van der Waals surface area contributed by atoms with Gasteiger partial charge in [-0.1, -0.05) is 6.92 Å². The predicted molar refractivity (Wildman–Crippen MR) is 162 cm³/mol. The molecular formula is C28H66N2O5Si2+2. The third-order valence-corrected chi connectivity index (χ3v) is 14.4. The van der Waals surface area contributed by atoms with Crippen LogP contribution >= 0.6 is 0 Å². The molecule has 0 aliphatic heterocycles. The van der Waals surface area contributed by atoms with Crippen LogP contribution in [0, 0.1) is 0 Å². The molecule has 2 N–H and O–H groups in total. The Labute approximate surface area is 232 Å². The molecule has 37 heavy (non-hydrogen) atoms. The summed E-state index contributed by atoms with van der Waals surface area (Å²) in [6.45, 7) is 16.5.